The van der Waals surface area contributed by atoms with E-state index in [4.69, 9.17) is 5.11 Å². The molecule has 94 valence electrons. The number of nitrogens with zero attached hydrogens (tertiary/aromatic N) is 2. The summed E-state index contributed by atoms with van der Waals surface area (Å²) in [5.74, 6) is -0.176. The van der Waals surface area contributed by atoms with Gasteiger partial charge in [0, 0.05) is 24.0 Å². The lowest BCUT2D eigenvalue weighted by atomic mass is 10.1. The predicted molar refractivity (Wildman–Crippen MR) is 72.8 cm³/mol. The number of aromatic nitrogens is 2. The second-order valence-corrected chi connectivity index (χ2v) is 4.42. The maximum Gasteiger partial charge on any atom is 0.337 e. The summed E-state index contributed by atoms with van der Waals surface area (Å²) < 4.78 is 1.76. The number of hydrogen-bond donors (Lipinski definition) is 1. The first kappa shape index (κ1) is 11.5. The molecule has 0 aliphatic heterocycles. The molecule has 3 aromatic rings. The zero-order chi connectivity index (χ0) is 13.4. The second kappa shape index (κ2) is 4.24. The van der Waals surface area contributed by atoms with Crippen LogP contribution >= 0.6 is 0 Å². The fourth-order valence-corrected chi connectivity index (χ4v) is 2.21. The first-order chi connectivity index (χ1) is 9.16. The van der Waals surface area contributed by atoms with E-state index in [2.05, 4.69) is 4.98 Å². The molecule has 2 aromatic heterocycles. The van der Waals surface area contributed by atoms with Gasteiger partial charge in [-0.1, -0.05) is 24.3 Å². The van der Waals surface area contributed by atoms with E-state index in [0.29, 0.717) is 5.56 Å². The largest absolute Gasteiger partial charge is 0.478 e. The number of aromatic carboxylic acids is 1. The van der Waals surface area contributed by atoms with Crippen molar-refractivity contribution >= 4 is 16.7 Å². The van der Waals surface area contributed by atoms with Crippen molar-refractivity contribution in [1.29, 1.82) is 0 Å². The van der Waals surface area contributed by atoms with Gasteiger partial charge in [-0.25, -0.2) is 9.78 Å². The summed E-state index contributed by atoms with van der Waals surface area (Å²) in [6.45, 7) is 1.78. The Morgan fingerprint density at radius 2 is 2.00 bits per heavy atom. The number of carboxylic acids is 1. The van der Waals surface area contributed by atoms with Crippen molar-refractivity contribution in [3.8, 4) is 5.82 Å². The first-order valence-electron chi connectivity index (χ1n) is 5.93. The van der Waals surface area contributed by atoms with E-state index >= 15 is 0 Å². The highest BCUT2D eigenvalue weighted by molar-refractivity contribution is 5.91. The summed E-state index contributed by atoms with van der Waals surface area (Å²) >= 11 is 0. The predicted octanol–water partition coefficient (Wildman–Crippen LogP) is 3.03. The maximum atomic E-state index is 11.1. The van der Waals surface area contributed by atoms with E-state index in [1.165, 1.54) is 0 Å². The molecule has 2 heterocycles. The second-order valence-electron chi connectivity index (χ2n) is 4.42. The number of hydrogen-bond acceptors (Lipinski definition) is 2. The van der Waals surface area contributed by atoms with Crippen molar-refractivity contribution in [2.45, 2.75) is 6.92 Å². The molecule has 4 heteroatoms. The Morgan fingerprint density at radius 1 is 1.21 bits per heavy atom. The van der Waals surface area contributed by atoms with Crippen LogP contribution in [-0.4, -0.2) is 20.6 Å². The third-order valence-corrected chi connectivity index (χ3v) is 3.15. The van der Waals surface area contributed by atoms with E-state index < -0.39 is 5.97 Å². The fraction of sp³-hybridized carbons (Fsp3) is 0.0667. The van der Waals surface area contributed by atoms with Crippen LogP contribution in [0.1, 0.15) is 15.9 Å². The molecule has 0 spiro atoms. The van der Waals surface area contributed by atoms with Crippen molar-refractivity contribution < 1.29 is 9.90 Å². The molecule has 0 saturated carbocycles. The summed E-state index contributed by atoms with van der Waals surface area (Å²) in [6.07, 6.45) is 5.12. The minimum absolute atomic E-state index is 0.301. The molecule has 0 radical (unpaired) electrons. The van der Waals surface area contributed by atoms with Gasteiger partial charge in [0.05, 0.1) is 5.56 Å². The minimum Gasteiger partial charge on any atom is -0.478 e. The molecule has 0 atom stereocenters. The lowest BCUT2D eigenvalue weighted by Gasteiger charge is -2.05. The quantitative estimate of drug-likeness (QED) is 0.762. The van der Waals surface area contributed by atoms with Crippen LogP contribution in [-0.2, 0) is 0 Å². The van der Waals surface area contributed by atoms with Crippen molar-refractivity contribution in [3.63, 3.8) is 0 Å². The highest BCUT2D eigenvalue weighted by atomic mass is 16.4. The fourth-order valence-electron chi connectivity index (χ4n) is 2.21. The normalized spacial score (nSPS) is 10.8. The standard InChI is InChI=1S/C15H12N2O2/c1-10-8-17(9-13(10)15(18)19)14-12-5-3-2-4-11(12)6-7-16-14/h2-9H,1H3,(H,18,19). The van der Waals surface area contributed by atoms with Crippen molar-refractivity contribution in [3.05, 3.63) is 60.0 Å². The minimum atomic E-state index is -0.920. The van der Waals surface area contributed by atoms with Gasteiger partial charge in [0.25, 0.3) is 0 Å². The summed E-state index contributed by atoms with van der Waals surface area (Å²) in [5, 5.41) is 11.2. The molecule has 0 saturated heterocycles. The maximum absolute atomic E-state index is 11.1. The zero-order valence-electron chi connectivity index (χ0n) is 10.4. The van der Waals surface area contributed by atoms with Gasteiger partial charge >= 0.3 is 5.97 Å². The van der Waals surface area contributed by atoms with E-state index in [9.17, 15) is 4.79 Å². The topological polar surface area (TPSA) is 55.1 Å². The SMILES string of the molecule is Cc1cn(-c2nccc3ccccc23)cc1C(=O)O. The monoisotopic (exact) mass is 252 g/mol. The molecule has 4 nitrogen and oxygen atoms in total. The smallest absolute Gasteiger partial charge is 0.337 e. The zero-order valence-corrected chi connectivity index (χ0v) is 10.4. The number of benzene rings is 1. The average Bonchev–Trinajstić information content (AvgIpc) is 2.80. The molecule has 0 bridgehead atoms. The highest BCUT2D eigenvalue weighted by Gasteiger charge is 2.12. The number of pyridine rings is 1. The Morgan fingerprint density at radius 3 is 2.74 bits per heavy atom. The van der Waals surface area contributed by atoms with E-state index in [1.807, 2.05) is 30.3 Å². The van der Waals surface area contributed by atoms with Crippen molar-refractivity contribution in [2.24, 2.45) is 0 Å². The Balaban J connectivity index is 2.25. The Kier molecular flexibility index (Phi) is 2.56. The third kappa shape index (κ3) is 1.87. The summed E-state index contributed by atoms with van der Waals surface area (Å²) in [6, 6.07) is 9.84. The third-order valence-electron chi connectivity index (χ3n) is 3.15. The number of rotatable bonds is 2. The number of fused-ring (bicyclic) bond motifs is 1. The lowest BCUT2D eigenvalue weighted by Crippen LogP contribution is -1.97. The summed E-state index contributed by atoms with van der Waals surface area (Å²) in [5.41, 5.74) is 1.02. The van der Waals surface area contributed by atoms with Gasteiger partial charge in [0.2, 0.25) is 0 Å². The van der Waals surface area contributed by atoms with Crippen LogP contribution < -0.4 is 0 Å². The van der Waals surface area contributed by atoms with Crippen LogP contribution in [0, 0.1) is 6.92 Å². The number of aryl methyl sites for hydroxylation is 1. The van der Waals surface area contributed by atoms with Crippen LogP contribution in [0.3, 0.4) is 0 Å². The first-order valence-corrected chi connectivity index (χ1v) is 5.93. The highest BCUT2D eigenvalue weighted by Crippen LogP contribution is 2.22. The molecule has 0 fully saturated rings. The molecule has 1 N–H and O–H groups in total. The molecule has 1 aromatic carbocycles. The molecular weight excluding hydrogens is 240 g/mol. The van der Waals surface area contributed by atoms with Gasteiger partial charge in [0.1, 0.15) is 5.82 Å². The van der Waals surface area contributed by atoms with E-state index in [0.717, 1.165) is 22.2 Å². The van der Waals surface area contributed by atoms with Crippen LogP contribution in [0.15, 0.2) is 48.9 Å². The van der Waals surface area contributed by atoms with Gasteiger partial charge in [-0.05, 0) is 23.9 Å². The van der Waals surface area contributed by atoms with Gasteiger partial charge in [0.15, 0.2) is 0 Å². The van der Waals surface area contributed by atoms with Crippen LogP contribution in [0.25, 0.3) is 16.6 Å². The van der Waals surface area contributed by atoms with Crippen LogP contribution in [0.5, 0.6) is 0 Å². The van der Waals surface area contributed by atoms with Crippen LogP contribution in [0.2, 0.25) is 0 Å². The van der Waals surface area contributed by atoms with Gasteiger partial charge in [-0.15, -0.1) is 0 Å². The lowest BCUT2D eigenvalue weighted by molar-refractivity contribution is 0.0696. The number of carbonyl (C=O) groups is 1. The molecule has 19 heavy (non-hydrogen) atoms. The molecule has 0 aliphatic rings. The van der Waals surface area contributed by atoms with Crippen LogP contribution in [0.4, 0.5) is 0 Å². The van der Waals surface area contributed by atoms with E-state index in [1.54, 1.807) is 30.1 Å². The van der Waals surface area contributed by atoms with E-state index in [-0.39, 0.29) is 0 Å². The molecule has 3 rings (SSSR count). The summed E-state index contributed by atoms with van der Waals surface area (Å²) in [7, 11) is 0. The van der Waals surface area contributed by atoms with Gasteiger partial charge in [-0.2, -0.15) is 0 Å². The van der Waals surface area contributed by atoms with Gasteiger partial charge < -0.3 is 9.67 Å². The molecule has 0 aliphatic carbocycles. The Labute approximate surface area is 109 Å². The Hall–Kier alpha value is -2.62. The van der Waals surface area contributed by atoms with Crippen molar-refractivity contribution in [2.75, 3.05) is 0 Å². The summed E-state index contributed by atoms with van der Waals surface area (Å²) in [4.78, 5) is 15.5. The molecule has 0 amide bonds. The Bertz CT molecular complexity index is 769. The van der Waals surface area contributed by atoms with Gasteiger partial charge in [-0.3, -0.25) is 0 Å². The molecular formula is C15H12N2O2. The molecule has 0 unspecified atom stereocenters. The van der Waals surface area contributed by atoms with Crippen molar-refractivity contribution in [1.82, 2.24) is 9.55 Å². The number of carboxylic acid groups (broad SMARTS) is 1. The average molecular weight is 252 g/mol.